The third kappa shape index (κ3) is 4.50. The third-order valence-electron chi connectivity index (χ3n) is 4.39. The smallest absolute Gasteiger partial charge is 0.248 e. The fourth-order valence-corrected chi connectivity index (χ4v) is 2.87. The van der Waals surface area contributed by atoms with Crippen molar-refractivity contribution >= 4 is 11.6 Å². The summed E-state index contributed by atoms with van der Waals surface area (Å²) in [4.78, 5) is 12.2. The van der Waals surface area contributed by atoms with Gasteiger partial charge in [0.2, 0.25) is 17.7 Å². The number of hydrogen-bond donors (Lipinski definition) is 1. The number of ether oxygens (including phenoxy) is 1. The summed E-state index contributed by atoms with van der Waals surface area (Å²) in [5, 5.41) is 11.1. The minimum absolute atomic E-state index is 0.0662. The predicted octanol–water partition coefficient (Wildman–Crippen LogP) is 4.59. The molecule has 0 aliphatic rings. The Balaban J connectivity index is 1.42. The second-order valence-electron chi connectivity index (χ2n) is 6.43. The number of aromatic nitrogens is 2. The Morgan fingerprint density at radius 1 is 0.862 bits per heavy atom. The maximum absolute atomic E-state index is 12.2. The highest BCUT2D eigenvalue weighted by Gasteiger charge is 2.11. The van der Waals surface area contributed by atoms with Gasteiger partial charge in [-0.15, -0.1) is 10.2 Å². The molecule has 6 nitrogen and oxygen atoms in total. The van der Waals surface area contributed by atoms with Crippen LogP contribution in [0, 0.1) is 0 Å². The van der Waals surface area contributed by atoms with Gasteiger partial charge in [0.05, 0.1) is 13.5 Å². The third-order valence-corrected chi connectivity index (χ3v) is 4.39. The molecule has 1 aromatic heterocycles. The number of hydrogen-bond acceptors (Lipinski definition) is 5. The van der Waals surface area contributed by atoms with Crippen molar-refractivity contribution in [2.24, 2.45) is 0 Å². The number of amides is 1. The summed E-state index contributed by atoms with van der Waals surface area (Å²) in [6.45, 7) is 0. The minimum atomic E-state index is -0.0662. The maximum atomic E-state index is 12.2. The molecule has 4 rings (SSSR count). The molecule has 1 N–H and O–H groups in total. The molecule has 29 heavy (non-hydrogen) atoms. The first-order chi connectivity index (χ1) is 14.2. The van der Waals surface area contributed by atoms with Gasteiger partial charge >= 0.3 is 0 Å². The molecule has 0 radical (unpaired) electrons. The number of methoxy groups -OCH3 is 1. The first-order valence-corrected chi connectivity index (χ1v) is 9.13. The van der Waals surface area contributed by atoms with E-state index in [9.17, 15) is 4.79 Å². The van der Waals surface area contributed by atoms with Gasteiger partial charge in [0.25, 0.3) is 0 Å². The molecule has 0 spiro atoms. The summed E-state index contributed by atoms with van der Waals surface area (Å²) >= 11 is 0. The van der Waals surface area contributed by atoms with E-state index in [0.717, 1.165) is 22.4 Å². The molecule has 0 saturated heterocycles. The first kappa shape index (κ1) is 18.4. The molecule has 4 aromatic rings. The van der Waals surface area contributed by atoms with Gasteiger partial charge in [-0.3, -0.25) is 4.79 Å². The van der Waals surface area contributed by atoms with E-state index in [1.807, 2.05) is 78.9 Å². The molecule has 3 aromatic carbocycles. The zero-order valence-corrected chi connectivity index (χ0v) is 15.8. The van der Waals surface area contributed by atoms with Crippen LogP contribution in [0.4, 0.5) is 5.69 Å². The first-order valence-electron chi connectivity index (χ1n) is 9.13. The summed E-state index contributed by atoms with van der Waals surface area (Å²) in [5.74, 6) is 1.54. The van der Waals surface area contributed by atoms with Gasteiger partial charge in [0.1, 0.15) is 5.75 Å². The molecule has 0 unspecified atom stereocenters. The van der Waals surface area contributed by atoms with Crippen molar-refractivity contribution in [1.29, 1.82) is 0 Å². The molecule has 0 fully saturated rings. The van der Waals surface area contributed by atoms with E-state index in [1.165, 1.54) is 0 Å². The van der Waals surface area contributed by atoms with Crippen molar-refractivity contribution in [3.8, 4) is 28.7 Å². The number of nitrogens with zero attached hydrogens (tertiary/aromatic N) is 2. The number of nitrogens with one attached hydrogen (secondary N) is 1. The lowest BCUT2D eigenvalue weighted by molar-refractivity contribution is -0.115. The van der Waals surface area contributed by atoms with E-state index in [4.69, 9.17) is 9.15 Å². The Kier molecular flexibility index (Phi) is 5.33. The quantitative estimate of drug-likeness (QED) is 0.525. The van der Waals surface area contributed by atoms with Crippen molar-refractivity contribution in [2.45, 2.75) is 6.42 Å². The molecule has 1 heterocycles. The zero-order valence-electron chi connectivity index (χ0n) is 15.8. The van der Waals surface area contributed by atoms with Crippen LogP contribution < -0.4 is 10.1 Å². The van der Waals surface area contributed by atoms with E-state index in [0.29, 0.717) is 23.9 Å². The van der Waals surface area contributed by atoms with Crippen LogP contribution in [0.1, 0.15) is 5.56 Å². The molecule has 0 bridgehead atoms. The number of rotatable bonds is 6. The summed E-state index contributed by atoms with van der Waals surface area (Å²) < 4.78 is 10.9. The van der Waals surface area contributed by atoms with Crippen LogP contribution in [-0.4, -0.2) is 23.2 Å². The van der Waals surface area contributed by atoms with Crippen LogP contribution in [0.2, 0.25) is 0 Å². The Labute approximate surface area is 168 Å². The molecule has 144 valence electrons. The van der Waals surface area contributed by atoms with Crippen LogP contribution >= 0.6 is 0 Å². The van der Waals surface area contributed by atoms with E-state index >= 15 is 0 Å². The molecule has 0 aliphatic carbocycles. The van der Waals surface area contributed by atoms with Crippen molar-refractivity contribution in [1.82, 2.24) is 10.2 Å². The Morgan fingerprint density at radius 2 is 1.45 bits per heavy atom. The standard InChI is InChI=1S/C23H19N3O3/c1-28-20-13-9-18(10-14-20)23-26-25-22(29-23)17-7-11-19(12-8-17)24-21(27)15-16-5-3-2-4-6-16/h2-14H,15H2,1H3,(H,24,27). The summed E-state index contributed by atoms with van der Waals surface area (Å²) in [7, 11) is 1.62. The summed E-state index contributed by atoms with van der Waals surface area (Å²) in [5.41, 5.74) is 3.27. The Hall–Kier alpha value is -3.93. The van der Waals surface area contributed by atoms with Gasteiger partial charge in [0, 0.05) is 16.8 Å². The second kappa shape index (κ2) is 8.39. The average molecular weight is 385 g/mol. The van der Waals surface area contributed by atoms with Crippen molar-refractivity contribution in [3.05, 3.63) is 84.4 Å². The van der Waals surface area contributed by atoms with Gasteiger partial charge in [-0.2, -0.15) is 0 Å². The second-order valence-corrected chi connectivity index (χ2v) is 6.43. The van der Waals surface area contributed by atoms with Crippen LogP contribution in [0.5, 0.6) is 5.75 Å². The maximum Gasteiger partial charge on any atom is 0.248 e. The Morgan fingerprint density at radius 3 is 2.03 bits per heavy atom. The van der Waals surface area contributed by atoms with Gasteiger partial charge in [-0.25, -0.2) is 0 Å². The minimum Gasteiger partial charge on any atom is -0.497 e. The fraction of sp³-hybridized carbons (Fsp3) is 0.0870. The van der Waals surface area contributed by atoms with Crippen LogP contribution in [-0.2, 0) is 11.2 Å². The van der Waals surface area contributed by atoms with Crippen molar-refractivity contribution in [3.63, 3.8) is 0 Å². The molecular weight excluding hydrogens is 366 g/mol. The van der Waals surface area contributed by atoms with Crippen LogP contribution in [0.3, 0.4) is 0 Å². The van der Waals surface area contributed by atoms with Gasteiger partial charge in [0.15, 0.2) is 0 Å². The number of carbonyl (C=O) groups is 1. The highest BCUT2D eigenvalue weighted by molar-refractivity contribution is 5.92. The lowest BCUT2D eigenvalue weighted by atomic mass is 10.1. The zero-order chi connectivity index (χ0) is 20.1. The van der Waals surface area contributed by atoms with Gasteiger partial charge in [-0.05, 0) is 54.1 Å². The van der Waals surface area contributed by atoms with Crippen LogP contribution in [0.25, 0.3) is 22.9 Å². The average Bonchev–Trinajstić information content (AvgIpc) is 3.25. The number of benzene rings is 3. The SMILES string of the molecule is COc1ccc(-c2nnc(-c3ccc(NC(=O)Cc4ccccc4)cc3)o2)cc1. The van der Waals surface area contributed by atoms with E-state index in [2.05, 4.69) is 15.5 Å². The van der Waals surface area contributed by atoms with E-state index in [-0.39, 0.29) is 5.91 Å². The Bertz CT molecular complexity index is 1090. The summed E-state index contributed by atoms with van der Waals surface area (Å²) in [6, 6.07) is 24.3. The fourth-order valence-electron chi connectivity index (χ4n) is 2.87. The predicted molar refractivity (Wildman–Crippen MR) is 110 cm³/mol. The largest absolute Gasteiger partial charge is 0.497 e. The van der Waals surface area contributed by atoms with Gasteiger partial charge in [-0.1, -0.05) is 30.3 Å². The monoisotopic (exact) mass is 385 g/mol. The highest BCUT2D eigenvalue weighted by atomic mass is 16.5. The van der Waals surface area contributed by atoms with Crippen molar-refractivity contribution in [2.75, 3.05) is 12.4 Å². The molecular formula is C23H19N3O3. The lowest BCUT2D eigenvalue weighted by Crippen LogP contribution is -2.14. The van der Waals surface area contributed by atoms with Crippen molar-refractivity contribution < 1.29 is 13.9 Å². The number of anilines is 1. The molecule has 6 heteroatoms. The van der Waals surface area contributed by atoms with Gasteiger partial charge < -0.3 is 14.5 Å². The molecule has 1 amide bonds. The van der Waals surface area contributed by atoms with Crippen LogP contribution in [0.15, 0.2) is 83.3 Å². The topological polar surface area (TPSA) is 77.3 Å². The van der Waals surface area contributed by atoms with E-state index < -0.39 is 0 Å². The normalized spacial score (nSPS) is 10.5. The summed E-state index contributed by atoms with van der Waals surface area (Å²) in [6.07, 6.45) is 0.331. The molecule has 0 atom stereocenters. The highest BCUT2D eigenvalue weighted by Crippen LogP contribution is 2.26. The molecule has 0 saturated carbocycles. The van der Waals surface area contributed by atoms with E-state index in [1.54, 1.807) is 7.11 Å². The lowest BCUT2D eigenvalue weighted by Gasteiger charge is -2.05. The molecule has 0 aliphatic heterocycles. The number of carbonyl (C=O) groups excluding carboxylic acids is 1.